The van der Waals surface area contributed by atoms with Gasteiger partial charge in [-0.05, 0) is 30.3 Å². The van der Waals surface area contributed by atoms with Crippen LogP contribution >= 0.6 is 11.8 Å². The van der Waals surface area contributed by atoms with E-state index in [-0.39, 0.29) is 11.6 Å². The average molecular weight is 363 g/mol. The molecule has 4 nitrogen and oxygen atoms in total. The Labute approximate surface area is 157 Å². The van der Waals surface area contributed by atoms with Crippen molar-refractivity contribution in [3.8, 4) is 0 Å². The molecule has 0 fully saturated rings. The summed E-state index contributed by atoms with van der Waals surface area (Å²) in [7, 11) is 0. The number of nitrogens with zero attached hydrogens (tertiary/aromatic N) is 2. The number of aromatic nitrogens is 2. The highest BCUT2D eigenvalue weighted by Gasteiger charge is 2.25. The summed E-state index contributed by atoms with van der Waals surface area (Å²) in [5.74, 6) is 0. The molecule has 2 heterocycles. The molecule has 2 aromatic carbocycles. The van der Waals surface area contributed by atoms with Crippen LogP contribution in [0.3, 0.4) is 0 Å². The molecule has 0 bridgehead atoms. The van der Waals surface area contributed by atoms with Gasteiger partial charge in [-0.15, -0.1) is 0 Å². The van der Waals surface area contributed by atoms with Gasteiger partial charge in [0.05, 0.1) is 11.7 Å². The predicted octanol–water partition coefficient (Wildman–Crippen LogP) is 3.25. The van der Waals surface area contributed by atoms with Gasteiger partial charge in [0.2, 0.25) is 0 Å². The van der Waals surface area contributed by atoms with Crippen molar-refractivity contribution >= 4 is 11.8 Å². The van der Waals surface area contributed by atoms with E-state index < -0.39 is 0 Å². The monoisotopic (exact) mass is 363 g/mol. The summed E-state index contributed by atoms with van der Waals surface area (Å²) in [6.07, 6.45) is 2.71. The van der Waals surface area contributed by atoms with E-state index in [1.54, 1.807) is 0 Å². The van der Waals surface area contributed by atoms with Crippen LogP contribution in [-0.4, -0.2) is 22.4 Å². The standard InChI is InChI=1S/C21H21N3OS/c1-26-21-23-18-14-22-13-12-17(18)20(25)24(21)19(15-8-4-2-5-9-15)16-10-6-3-7-11-16/h2-11,19,22H,12-14H2,1H3. The highest BCUT2D eigenvalue weighted by molar-refractivity contribution is 7.98. The molecule has 132 valence electrons. The molecule has 26 heavy (non-hydrogen) atoms. The maximum absolute atomic E-state index is 13.5. The van der Waals surface area contributed by atoms with Crippen molar-refractivity contribution in [1.82, 2.24) is 14.9 Å². The second kappa shape index (κ2) is 7.48. The van der Waals surface area contributed by atoms with E-state index >= 15 is 0 Å². The fourth-order valence-corrected chi connectivity index (χ4v) is 4.13. The lowest BCUT2D eigenvalue weighted by atomic mass is 9.98. The van der Waals surface area contributed by atoms with Gasteiger partial charge in [0, 0.05) is 12.1 Å². The Balaban J connectivity index is 1.99. The lowest BCUT2D eigenvalue weighted by Crippen LogP contribution is -2.37. The summed E-state index contributed by atoms with van der Waals surface area (Å²) >= 11 is 1.52. The Kier molecular flexibility index (Phi) is 4.91. The number of benzene rings is 2. The summed E-state index contributed by atoms with van der Waals surface area (Å²) in [6.45, 7) is 1.49. The fraction of sp³-hybridized carbons (Fsp3) is 0.238. The van der Waals surface area contributed by atoms with Gasteiger partial charge < -0.3 is 5.32 Å². The highest BCUT2D eigenvalue weighted by atomic mass is 32.2. The minimum atomic E-state index is -0.181. The second-order valence-electron chi connectivity index (χ2n) is 6.35. The minimum absolute atomic E-state index is 0.0820. The molecule has 1 aliphatic rings. The molecule has 0 amide bonds. The van der Waals surface area contributed by atoms with Crippen LogP contribution in [0.2, 0.25) is 0 Å². The predicted molar refractivity (Wildman–Crippen MR) is 106 cm³/mol. The summed E-state index contributed by atoms with van der Waals surface area (Å²) in [5.41, 5.74) is 4.00. The fourth-order valence-electron chi connectivity index (χ4n) is 3.54. The van der Waals surface area contributed by atoms with Crippen molar-refractivity contribution in [1.29, 1.82) is 0 Å². The lowest BCUT2D eigenvalue weighted by molar-refractivity contribution is 0.524. The van der Waals surface area contributed by atoms with Crippen molar-refractivity contribution < 1.29 is 0 Å². The number of hydrogen-bond acceptors (Lipinski definition) is 4. The topological polar surface area (TPSA) is 46.9 Å². The van der Waals surface area contributed by atoms with Gasteiger partial charge in [0.1, 0.15) is 0 Å². The Bertz CT molecular complexity index is 915. The quantitative estimate of drug-likeness (QED) is 0.571. The molecular formula is C21H21N3OS. The Hall–Kier alpha value is -2.37. The maximum atomic E-state index is 13.5. The van der Waals surface area contributed by atoms with Gasteiger partial charge >= 0.3 is 0 Å². The number of thioether (sulfide) groups is 1. The van der Waals surface area contributed by atoms with Crippen molar-refractivity contribution in [2.24, 2.45) is 0 Å². The molecule has 0 aliphatic carbocycles. The third kappa shape index (κ3) is 3.08. The Morgan fingerprint density at radius 2 is 1.65 bits per heavy atom. The number of nitrogens with one attached hydrogen (secondary N) is 1. The first-order valence-electron chi connectivity index (χ1n) is 8.78. The Morgan fingerprint density at radius 3 is 2.23 bits per heavy atom. The van der Waals surface area contributed by atoms with Crippen LogP contribution in [0.1, 0.15) is 28.4 Å². The van der Waals surface area contributed by atoms with Crippen LogP contribution in [0.15, 0.2) is 70.6 Å². The summed E-state index contributed by atoms with van der Waals surface area (Å²) in [5, 5.41) is 4.07. The lowest BCUT2D eigenvalue weighted by Gasteiger charge is -2.26. The molecule has 0 saturated heterocycles. The minimum Gasteiger partial charge on any atom is -0.311 e. The van der Waals surface area contributed by atoms with Gasteiger partial charge in [-0.3, -0.25) is 9.36 Å². The highest BCUT2D eigenvalue weighted by Crippen LogP contribution is 2.29. The van der Waals surface area contributed by atoms with E-state index in [0.717, 1.165) is 40.5 Å². The van der Waals surface area contributed by atoms with E-state index in [4.69, 9.17) is 4.98 Å². The van der Waals surface area contributed by atoms with Crippen LogP contribution in [-0.2, 0) is 13.0 Å². The molecule has 1 aliphatic heterocycles. The van der Waals surface area contributed by atoms with Gasteiger partial charge in [-0.1, -0.05) is 72.4 Å². The van der Waals surface area contributed by atoms with E-state index in [0.29, 0.717) is 6.54 Å². The van der Waals surface area contributed by atoms with E-state index in [9.17, 15) is 4.79 Å². The third-order valence-corrected chi connectivity index (χ3v) is 5.43. The largest absolute Gasteiger partial charge is 0.311 e. The zero-order valence-corrected chi connectivity index (χ0v) is 15.5. The van der Waals surface area contributed by atoms with Crippen molar-refractivity contribution in [3.63, 3.8) is 0 Å². The molecule has 4 rings (SSSR count). The first-order chi connectivity index (χ1) is 12.8. The molecule has 5 heteroatoms. The molecule has 0 saturated carbocycles. The SMILES string of the molecule is CSc1nc2c(c(=O)n1C(c1ccccc1)c1ccccc1)CCNC2. The number of hydrogen-bond donors (Lipinski definition) is 1. The van der Waals surface area contributed by atoms with Crippen molar-refractivity contribution in [2.45, 2.75) is 24.2 Å². The molecule has 0 spiro atoms. The van der Waals surface area contributed by atoms with E-state index in [1.807, 2.05) is 47.2 Å². The van der Waals surface area contributed by atoms with Crippen LogP contribution in [0.25, 0.3) is 0 Å². The molecule has 3 aromatic rings. The van der Waals surface area contributed by atoms with Gasteiger partial charge in [0.25, 0.3) is 5.56 Å². The van der Waals surface area contributed by atoms with Crippen molar-refractivity contribution in [3.05, 3.63) is 93.4 Å². The molecule has 0 atom stereocenters. The number of rotatable bonds is 4. The van der Waals surface area contributed by atoms with E-state index in [1.165, 1.54) is 11.8 Å². The van der Waals surface area contributed by atoms with Crippen LogP contribution in [0.5, 0.6) is 0 Å². The maximum Gasteiger partial charge on any atom is 0.258 e. The molecule has 0 radical (unpaired) electrons. The smallest absolute Gasteiger partial charge is 0.258 e. The second-order valence-corrected chi connectivity index (χ2v) is 7.12. The third-order valence-electron chi connectivity index (χ3n) is 4.78. The van der Waals surface area contributed by atoms with Crippen LogP contribution in [0, 0.1) is 0 Å². The summed E-state index contributed by atoms with van der Waals surface area (Å²) < 4.78 is 1.87. The molecule has 0 unspecified atom stereocenters. The normalized spacial score (nSPS) is 13.6. The zero-order chi connectivity index (χ0) is 17.9. The number of fused-ring (bicyclic) bond motifs is 1. The van der Waals surface area contributed by atoms with Gasteiger partial charge in [0.15, 0.2) is 5.16 Å². The Morgan fingerprint density at radius 1 is 1.04 bits per heavy atom. The van der Waals surface area contributed by atoms with Gasteiger partial charge in [-0.25, -0.2) is 4.98 Å². The first kappa shape index (κ1) is 17.1. The van der Waals surface area contributed by atoms with Crippen LogP contribution in [0.4, 0.5) is 0 Å². The molecule has 1 aromatic heterocycles. The summed E-state index contributed by atoms with van der Waals surface area (Å²) in [6, 6.07) is 20.2. The molecular weight excluding hydrogens is 342 g/mol. The van der Waals surface area contributed by atoms with Crippen LogP contribution < -0.4 is 10.9 Å². The van der Waals surface area contributed by atoms with E-state index in [2.05, 4.69) is 29.6 Å². The summed E-state index contributed by atoms with van der Waals surface area (Å²) in [4.78, 5) is 18.3. The first-order valence-corrected chi connectivity index (χ1v) is 10.0. The van der Waals surface area contributed by atoms with Crippen molar-refractivity contribution in [2.75, 3.05) is 12.8 Å². The van der Waals surface area contributed by atoms with Gasteiger partial charge in [-0.2, -0.15) is 0 Å². The average Bonchev–Trinajstić information content (AvgIpc) is 2.71. The zero-order valence-electron chi connectivity index (χ0n) is 14.7. The molecule has 1 N–H and O–H groups in total.